The average molecular weight is 396 g/mol. The molecule has 0 aliphatic carbocycles. The van der Waals surface area contributed by atoms with Crippen molar-refractivity contribution in [3.8, 4) is 5.75 Å². The van der Waals surface area contributed by atoms with E-state index in [9.17, 15) is 4.79 Å². The van der Waals surface area contributed by atoms with Gasteiger partial charge in [-0.25, -0.2) is 4.98 Å². The Morgan fingerprint density at radius 2 is 2.08 bits per heavy atom. The lowest BCUT2D eigenvalue weighted by Crippen LogP contribution is -2.12. The van der Waals surface area contributed by atoms with Gasteiger partial charge in [0, 0.05) is 24.4 Å². The van der Waals surface area contributed by atoms with Gasteiger partial charge in [-0.1, -0.05) is 5.16 Å². The highest BCUT2D eigenvalue weighted by molar-refractivity contribution is 7.09. The van der Waals surface area contributed by atoms with Gasteiger partial charge in [0.05, 0.1) is 5.01 Å². The van der Waals surface area contributed by atoms with Crippen molar-refractivity contribution in [2.75, 3.05) is 11.9 Å². The van der Waals surface area contributed by atoms with E-state index >= 15 is 0 Å². The van der Waals surface area contributed by atoms with Crippen LogP contribution in [-0.2, 0) is 13.0 Å². The zero-order chi connectivity index (χ0) is 17.6. The third-order valence-corrected chi connectivity index (χ3v) is 4.10. The third-order valence-electron chi connectivity index (χ3n) is 3.19. The Labute approximate surface area is 160 Å². The normalized spacial score (nSPS) is 10.2. The van der Waals surface area contributed by atoms with E-state index in [0.717, 1.165) is 5.01 Å². The molecule has 3 rings (SSSR count). The number of benzene rings is 1. The van der Waals surface area contributed by atoms with Crippen LogP contribution >= 0.6 is 23.7 Å². The van der Waals surface area contributed by atoms with Crippen LogP contribution in [0.3, 0.4) is 0 Å². The first kappa shape index (κ1) is 19.8. The number of carbonyl (C=O) groups excluding carboxylic acids is 1. The van der Waals surface area contributed by atoms with Gasteiger partial charge in [0.2, 0.25) is 11.7 Å². The Morgan fingerprint density at radius 1 is 1.31 bits per heavy atom. The number of amides is 1. The molecular weight excluding hydrogens is 378 g/mol. The SMILES string of the molecule is Cc1nc(COc2ccc(NC(=O)c3csc(CCN)n3)cc2)no1.Cl. The topological polar surface area (TPSA) is 116 Å². The Morgan fingerprint density at radius 3 is 2.73 bits per heavy atom. The number of carbonyl (C=O) groups is 1. The predicted molar refractivity (Wildman–Crippen MR) is 99.9 cm³/mol. The van der Waals surface area contributed by atoms with Crippen molar-refractivity contribution in [2.24, 2.45) is 5.73 Å². The first-order valence-electron chi connectivity index (χ1n) is 7.62. The fourth-order valence-electron chi connectivity index (χ4n) is 2.03. The van der Waals surface area contributed by atoms with Crippen LogP contribution in [0.15, 0.2) is 34.2 Å². The van der Waals surface area contributed by atoms with Crippen LogP contribution in [-0.4, -0.2) is 27.6 Å². The molecule has 0 aliphatic heterocycles. The number of aromatic nitrogens is 3. The van der Waals surface area contributed by atoms with Gasteiger partial charge in [-0.05, 0) is 30.8 Å². The number of thiazole rings is 1. The third kappa shape index (κ3) is 5.25. The molecule has 0 atom stereocenters. The summed E-state index contributed by atoms with van der Waals surface area (Å²) in [5, 5.41) is 9.13. The van der Waals surface area contributed by atoms with Gasteiger partial charge in [0.25, 0.3) is 5.91 Å². The van der Waals surface area contributed by atoms with E-state index in [1.54, 1.807) is 36.6 Å². The molecule has 3 aromatic rings. The molecule has 0 fully saturated rings. The Bertz CT molecular complexity index is 850. The standard InChI is InChI=1S/C16H17N5O3S.ClH/c1-10-18-14(21-24-10)8-23-12-4-2-11(3-5-12)19-16(22)13-9-25-15(20-13)6-7-17;/h2-5,9H,6-8,17H2,1H3,(H,19,22);1H. The van der Waals surface area contributed by atoms with Crippen LogP contribution < -0.4 is 15.8 Å². The number of anilines is 1. The second kappa shape index (κ2) is 9.27. The highest BCUT2D eigenvalue weighted by atomic mass is 35.5. The molecule has 0 saturated carbocycles. The fourth-order valence-corrected chi connectivity index (χ4v) is 2.83. The van der Waals surface area contributed by atoms with Crippen LogP contribution in [0.4, 0.5) is 5.69 Å². The summed E-state index contributed by atoms with van der Waals surface area (Å²) in [4.78, 5) is 20.5. The van der Waals surface area contributed by atoms with Crippen LogP contribution in [0.1, 0.15) is 27.2 Å². The van der Waals surface area contributed by atoms with Crippen molar-refractivity contribution in [2.45, 2.75) is 20.0 Å². The number of rotatable bonds is 7. The van der Waals surface area contributed by atoms with Crippen molar-refractivity contribution in [1.29, 1.82) is 0 Å². The lowest BCUT2D eigenvalue weighted by molar-refractivity contribution is 0.102. The lowest BCUT2D eigenvalue weighted by atomic mass is 10.3. The summed E-state index contributed by atoms with van der Waals surface area (Å²) in [5.41, 5.74) is 6.53. The molecule has 2 heterocycles. The maximum absolute atomic E-state index is 12.2. The minimum Gasteiger partial charge on any atom is -0.485 e. The monoisotopic (exact) mass is 395 g/mol. The van der Waals surface area contributed by atoms with Crippen LogP contribution in [0, 0.1) is 6.92 Å². The summed E-state index contributed by atoms with van der Waals surface area (Å²) < 4.78 is 10.4. The van der Waals surface area contributed by atoms with Gasteiger partial charge in [-0.2, -0.15) is 4.98 Å². The number of halogens is 1. The molecule has 1 aromatic carbocycles. The van der Waals surface area contributed by atoms with E-state index in [0.29, 0.717) is 41.8 Å². The van der Waals surface area contributed by atoms with Crippen LogP contribution in [0.5, 0.6) is 5.75 Å². The molecule has 8 nitrogen and oxygen atoms in total. The van der Waals surface area contributed by atoms with E-state index in [4.69, 9.17) is 15.0 Å². The quantitative estimate of drug-likeness (QED) is 0.631. The molecule has 0 bridgehead atoms. The smallest absolute Gasteiger partial charge is 0.275 e. The Kier molecular flexibility index (Phi) is 7.07. The number of hydrogen-bond donors (Lipinski definition) is 2. The van der Waals surface area contributed by atoms with Gasteiger partial charge in [-0.15, -0.1) is 23.7 Å². The van der Waals surface area contributed by atoms with Crippen molar-refractivity contribution >= 4 is 35.3 Å². The molecule has 0 aliphatic rings. The number of nitrogens with zero attached hydrogens (tertiary/aromatic N) is 3. The van der Waals surface area contributed by atoms with E-state index in [1.165, 1.54) is 11.3 Å². The largest absolute Gasteiger partial charge is 0.485 e. The number of hydrogen-bond acceptors (Lipinski definition) is 8. The van der Waals surface area contributed by atoms with Crippen molar-refractivity contribution in [1.82, 2.24) is 15.1 Å². The molecule has 0 saturated heterocycles. The number of aryl methyl sites for hydroxylation is 1. The average Bonchev–Trinajstić information content (AvgIpc) is 3.24. The summed E-state index contributed by atoms with van der Waals surface area (Å²) in [5.74, 6) is 1.36. The van der Waals surface area contributed by atoms with Crippen LogP contribution in [0.2, 0.25) is 0 Å². The number of nitrogens with one attached hydrogen (secondary N) is 1. The van der Waals surface area contributed by atoms with Gasteiger partial charge in [-0.3, -0.25) is 4.79 Å². The molecule has 2 aromatic heterocycles. The van der Waals surface area contributed by atoms with Crippen molar-refractivity contribution < 1.29 is 14.1 Å². The summed E-state index contributed by atoms with van der Waals surface area (Å²) in [7, 11) is 0. The maximum atomic E-state index is 12.2. The molecule has 0 spiro atoms. The molecule has 26 heavy (non-hydrogen) atoms. The Hall–Kier alpha value is -2.49. The zero-order valence-electron chi connectivity index (χ0n) is 14.0. The van der Waals surface area contributed by atoms with Gasteiger partial charge in [0.1, 0.15) is 11.4 Å². The van der Waals surface area contributed by atoms with E-state index in [-0.39, 0.29) is 24.9 Å². The fraction of sp³-hybridized carbons (Fsp3) is 0.250. The van der Waals surface area contributed by atoms with E-state index in [2.05, 4.69) is 20.4 Å². The summed E-state index contributed by atoms with van der Waals surface area (Å²) in [6, 6.07) is 7.01. The van der Waals surface area contributed by atoms with Crippen molar-refractivity contribution in [3.05, 3.63) is 52.1 Å². The minimum absolute atomic E-state index is 0. The predicted octanol–water partition coefficient (Wildman–Crippen LogP) is 2.59. The molecular formula is C16H18ClN5O3S. The van der Waals surface area contributed by atoms with Crippen LogP contribution in [0.25, 0.3) is 0 Å². The molecule has 1 amide bonds. The van der Waals surface area contributed by atoms with Gasteiger partial charge in [0.15, 0.2) is 6.61 Å². The highest BCUT2D eigenvalue weighted by Crippen LogP contribution is 2.18. The summed E-state index contributed by atoms with van der Waals surface area (Å²) in [6.45, 7) is 2.44. The second-order valence-electron chi connectivity index (χ2n) is 5.16. The van der Waals surface area contributed by atoms with E-state index < -0.39 is 0 Å². The lowest BCUT2D eigenvalue weighted by Gasteiger charge is -2.06. The zero-order valence-corrected chi connectivity index (χ0v) is 15.6. The van der Waals surface area contributed by atoms with Crippen molar-refractivity contribution in [3.63, 3.8) is 0 Å². The molecule has 0 unspecified atom stereocenters. The molecule has 3 N–H and O–H groups in total. The molecule has 138 valence electrons. The highest BCUT2D eigenvalue weighted by Gasteiger charge is 2.11. The minimum atomic E-state index is -0.254. The van der Waals surface area contributed by atoms with Gasteiger partial charge >= 0.3 is 0 Å². The van der Waals surface area contributed by atoms with E-state index in [1.807, 2.05) is 0 Å². The molecule has 10 heteroatoms. The summed E-state index contributed by atoms with van der Waals surface area (Å²) >= 11 is 1.43. The first-order valence-corrected chi connectivity index (χ1v) is 8.50. The first-order chi connectivity index (χ1) is 12.1. The van der Waals surface area contributed by atoms with Gasteiger partial charge < -0.3 is 20.3 Å². The number of nitrogens with two attached hydrogens (primary N) is 1. The maximum Gasteiger partial charge on any atom is 0.275 e. The second-order valence-corrected chi connectivity index (χ2v) is 6.10. The summed E-state index contributed by atoms with van der Waals surface area (Å²) in [6.07, 6.45) is 0.671. The Balaban J connectivity index is 0.00000243. The molecule has 0 radical (unpaired) electrons. The number of ether oxygens (including phenoxy) is 1.